The Morgan fingerprint density at radius 2 is 2.31 bits per heavy atom. The number of hydrogen-bond acceptors (Lipinski definition) is 2. The lowest BCUT2D eigenvalue weighted by Crippen LogP contribution is -2.11. The van der Waals surface area contributed by atoms with Gasteiger partial charge in [0, 0.05) is 8.04 Å². The van der Waals surface area contributed by atoms with E-state index in [0.717, 1.165) is 13.7 Å². The average molecular weight is 356 g/mol. The van der Waals surface area contributed by atoms with Crippen LogP contribution in [0.5, 0.6) is 0 Å². The second-order valence-corrected chi connectivity index (χ2v) is 4.32. The molecule has 0 bridgehead atoms. The molecule has 3 nitrogen and oxygen atoms in total. The topological polar surface area (TPSA) is 38.3 Å². The van der Waals surface area contributed by atoms with E-state index >= 15 is 0 Å². The molecule has 13 heavy (non-hydrogen) atoms. The SMILES string of the molecule is COC(=O)Nc1cc(Br)ccc1I. The number of rotatable bonds is 1. The van der Waals surface area contributed by atoms with E-state index in [1.54, 1.807) is 0 Å². The van der Waals surface area contributed by atoms with Gasteiger partial charge in [-0.15, -0.1) is 0 Å². The van der Waals surface area contributed by atoms with E-state index in [4.69, 9.17) is 0 Å². The van der Waals surface area contributed by atoms with Gasteiger partial charge in [0.2, 0.25) is 0 Å². The Hall–Kier alpha value is -0.300. The summed E-state index contributed by atoms with van der Waals surface area (Å²) >= 11 is 5.45. The third kappa shape index (κ3) is 3.15. The molecule has 0 aliphatic heterocycles. The molecule has 0 saturated carbocycles. The van der Waals surface area contributed by atoms with Crippen molar-refractivity contribution in [3.63, 3.8) is 0 Å². The second-order valence-electron chi connectivity index (χ2n) is 2.24. The van der Waals surface area contributed by atoms with Gasteiger partial charge in [-0.2, -0.15) is 0 Å². The van der Waals surface area contributed by atoms with Crippen LogP contribution in [-0.2, 0) is 4.74 Å². The van der Waals surface area contributed by atoms with Crippen LogP contribution in [-0.4, -0.2) is 13.2 Å². The Balaban J connectivity index is 2.87. The molecule has 70 valence electrons. The lowest BCUT2D eigenvalue weighted by atomic mass is 10.3. The van der Waals surface area contributed by atoms with Crippen molar-refractivity contribution in [1.29, 1.82) is 0 Å². The van der Waals surface area contributed by atoms with Gasteiger partial charge in [0.05, 0.1) is 12.8 Å². The Morgan fingerprint density at radius 1 is 1.62 bits per heavy atom. The van der Waals surface area contributed by atoms with Crippen LogP contribution >= 0.6 is 38.5 Å². The molecule has 0 aromatic heterocycles. The van der Waals surface area contributed by atoms with Gasteiger partial charge < -0.3 is 4.74 Å². The fourth-order valence-corrected chi connectivity index (χ4v) is 1.59. The maximum absolute atomic E-state index is 10.9. The lowest BCUT2D eigenvalue weighted by molar-refractivity contribution is 0.187. The van der Waals surface area contributed by atoms with E-state index in [1.807, 2.05) is 18.2 Å². The number of halogens is 2. The number of carbonyl (C=O) groups excluding carboxylic acids is 1. The van der Waals surface area contributed by atoms with Gasteiger partial charge in [-0.1, -0.05) is 15.9 Å². The van der Waals surface area contributed by atoms with Crippen LogP contribution in [0.4, 0.5) is 10.5 Å². The number of methoxy groups -OCH3 is 1. The molecule has 0 spiro atoms. The third-order valence-corrected chi connectivity index (χ3v) is 2.78. The number of benzene rings is 1. The summed E-state index contributed by atoms with van der Waals surface area (Å²) in [5.41, 5.74) is 0.738. The average Bonchev–Trinajstić information content (AvgIpc) is 2.11. The summed E-state index contributed by atoms with van der Waals surface area (Å²) in [6.45, 7) is 0. The number of ether oxygens (including phenoxy) is 1. The Morgan fingerprint density at radius 3 is 2.92 bits per heavy atom. The maximum atomic E-state index is 10.9. The van der Waals surface area contributed by atoms with Gasteiger partial charge in [0.15, 0.2) is 0 Å². The molecule has 1 amide bonds. The van der Waals surface area contributed by atoms with Gasteiger partial charge >= 0.3 is 6.09 Å². The third-order valence-electron chi connectivity index (χ3n) is 1.35. The highest BCUT2D eigenvalue weighted by Crippen LogP contribution is 2.22. The van der Waals surface area contributed by atoms with Crippen LogP contribution in [0.3, 0.4) is 0 Å². The standard InChI is InChI=1S/C8H7BrINO2/c1-13-8(12)11-7-4-5(9)2-3-6(7)10/h2-4H,1H3,(H,11,12). The van der Waals surface area contributed by atoms with E-state index in [0.29, 0.717) is 0 Å². The lowest BCUT2D eigenvalue weighted by Gasteiger charge is -2.05. The minimum atomic E-state index is -0.462. The number of hydrogen-bond donors (Lipinski definition) is 1. The highest BCUT2D eigenvalue weighted by Gasteiger charge is 2.04. The number of amides is 1. The van der Waals surface area contributed by atoms with Crippen LogP contribution in [0, 0.1) is 3.57 Å². The molecule has 1 N–H and O–H groups in total. The first kappa shape index (κ1) is 10.8. The maximum Gasteiger partial charge on any atom is 0.411 e. The fourth-order valence-electron chi connectivity index (χ4n) is 0.754. The van der Waals surface area contributed by atoms with E-state index in [-0.39, 0.29) is 0 Å². The smallest absolute Gasteiger partial charge is 0.411 e. The fraction of sp³-hybridized carbons (Fsp3) is 0.125. The van der Waals surface area contributed by atoms with Crippen LogP contribution < -0.4 is 5.32 Å². The summed E-state index contributed by atoms with van der Waals surface area (Å²) < 4.78 is 6.36. The predicted octanol–water partition coefficient (Wildman–Crippen LogP) is 3.23. The van der Waals surface area contributed by atoms with Gasteiger partial charge in [-0.05, 0) is 40.8 Å². The molecule has 0 heterocycles. The van der Waals surface area contributed by atoms with Crippen molar-refractivity contribution in [1.82, 2.24) is 0 Å². The molecule has 0 unspecified atom stereocenters. The summed E-state index contributed by atoms with van der Waals surface area (Å²) in [5.74, 6) is 0. The molecule has 0 aliphatic carbocycles. The van der Waals surface area contributed by atoms with Crippen molar-refractivity contribution < 1.29 is 9.53 Å². The van der Waals surface area contributed by atoms with Crippen LogP contribution in [0.25, 0.3) is 0 Å². The van der Waals surface area contributed by atoms with Crippen molar-refractivity contribution in [2.24, 2.45) is 0 Å². The minimum Gasteiger partial charge on any atom is -0.453 e. The van der Waals surface area contributed by atoms with Crippen molar-refractivity contribution >= 4 is 50.3 Å². The zero-order valence-corrected chi connectivity index (χ0v) is 10.5. The molecule has 1 rings (SSSR count). The first-order valence-corrected chi connectivity index (χ1v) is 5.30. The zero-order valence-electron chi connectivity index (χ0n) is 6.80. The van der Waals surface area contributed by atoms with E-state index in [9.17, 15) is 4.79 Å². The Bertz CT molecular complexity index is 330. The number of nitrogens with one attached hydrogen (secondary N) is 1. The molecule has 0 radical (unpaired) electrons. The van der Waals surface area contributed by atoms with Crippen molar-refractivity contribution in [3.8, 4) is 0 Å². The van der Waals surface area contributed by atoms with Crippen LogP contribution in [0.15, 0.2) is 22.7 Å². The van der Waals surface area contributed by atoms with Crippen molar-refractivity contribution in [2.45, 2.75) is 0 Å². The van der Waals surface area contributed by atoms with E-state index in [2.05, 4.69) is 48.6 Å². The van der Waals surface area contributed by atoms with E-state index < -0.39 is 6.09 Å². The zero-order chi connectivity index (χ0) is 9.84. The highest BCUT2D eigenvalue weighted by molar-refractivity contribution is 14.1. The summed E-state index contributed by atoms with van der Waals surface area (Å²) in [7, 11) is 1.33. The van der Waals surface area contributed by atoms with Gasteiger partial charge in [-0.25, -0.2) is 4.79 Å². The first-order valence-electron chi connectivity index (χ1n) is 3.43. The first-order chi connectivity index (χ1) is 6.13. The van der Waals surface area contributed by atoms with Crippen LogP contribution in [0.1, 0.15) is 0 Å². The largest absolute Gasteiger partial charge is 0.453 e. The number of carbonyl (C=O) groups is 1. The van der Waals surface area contributed by atoms with Crippen molar-refractivity contribution in [2.75, 3.05) is 12.4 Å². The summed E-state index contributed by atoms with van der Waals surface area (Å²) in [5, 5.41) is 2.60. The van der Waals surface area contributed by atoms with Gasteiger partial charge in [-0.3, -0.25) is 5.32 Å². The molecule has 0 saturated heterocycles. The van der Waals surface area contributed by atoms with E-state index in [1.165, 1.54) is 7.11 Å². The minimum absolute atomic E-state index is 0.462. The predicted molar refractivity (Wildman–Crippen MR) is 62.9 cm³/mol. The highest BCUT2D eigenvalue weighted by atomic mass is 127. The van der Waals surface area contributed by atoms with Gasteiger partial charge in [0.25, 0.3) is 0 Å². The normalized spacial score (nSPS) is 9.46. The second kappa shape index (κ2) is 4.80. The summed E-state index contributed by atoms with van der Waals surface area (Å²) in [6, 6.07) is 5.62. The molecule has 0 fully saturated rings. The molecule has 1 aromatic carbocycles. The van der Waals surface area contributed by atoms with Gasteiger partial charge in [0.1, 0.15) is 0 Å². The monoisotopic (exact) mass is 355 g/mol. The number of anilines is 1. The van der Waals surface area contributed by atoms with Crippen LogP contribution in [0.2, 0.25) is 0 Å². The Kier molecular flexibility index (Phi) is 3.98. The molecule has 5 heteroatoms. The molecule has 0 atom stereocenters. The molecular weight excluding hydrogens is 349 g/mol. The molecule has 1 aromatic rings. The summed E-state index contributed by atoms with van der Waals surface area (Å²) in [4.78, 5) is 10.9. The molecule has 0 aliphatic rings. The summed E-state index contributed by atoms with van der Waals surface area (Å²) in [6.07, 6.45) is -0.462. The molecular formula is C8H7BrINO2. The van der Waals surface area contributed by atoms with Crippen molar-refractivity contribution in [3.05, 3.63) is 26.2 Å². The Labute approximate surface area is 98.1 Å². The quantitative estimate of drug-likeness (QED) is 0.785.